The first kappa shape index (κ1) is 18.5. The van der Waals surface area contributed by atoms with Crippen LogP contribution in [-0.4, -0.2) is 40.4 Å². The number of benzene rings is 1. The summed E-state index contributed by atoms with van der Waals surface area (Å²) in [5, 5.41) is 3.73. The van der Waals surface area contributed by atoms with Gasteiger partial charge >= 0.3 is 147 Å². The standard InChI is InChI=1S/C17H21N3O3Se/c1-23-16(22)11-17(9-5-8-15(17)21)10-14(12-19-20-18)24-13-6-3-2-4-7-13/h2-4,6-7,14H,5,8-12H2,1H3/t14?,17-/m1/s1. The summed E-state index contributed by atoms with van der Waals surface area (Å²) in [4.78, 5) is 27.3. The average Bonchev–Trinajstić information content (AvgIpc) is 2.93. The average molecular weight is 394 g/mol. The molecule has 2 atom stereocenters. The summed E-state index contributed by atoms with van der Waals surface area (Å²) in [6.45, 7) is 0.349. The number of hydrogen-bond donors (Lipinski definition) is 0. The van der Waals surface area contributed by atoms with Crippen LogP contribution in [-0.2, 0) is 14.3 Å². The van der Waals surface area contributed by atoms with Crippen LogP contribution in [0.4, 0.5) is 0 Å². The van der Waals surface area contributed by atoms with E-state index in [1.54, 1.807) is 0 Å². The van der Waals surface area contributed by atoms with E-state index < -0.39 is 5.41 Å². The van der Waals surface area contributed by atoms with Crippen LogP contribution in [0.2, 0.25) is 4.82 Å². The van der Waals surface area contributed by atoms with Gasteiger partial charge < -0.3 is 0 Å². The number of azide groups is 1. The fraction of sp³-hybridized carbons (Fsp3) is 0.529. The molecule has 0 aromatic heterocycles. The van der Waals surface area contributed by atoms with Gasteiger partial charge in [0.05, 0.1) is 0 Å². The van der Waals surface area contributed by atoms with Crippen LogP contribution in [0.3, 0.4) is 0 Å². The number of carbonyl (C=O) groups excluding carboxylic acids is 2. The second-order valence-electron chi connectivity index (χ2n) is 5.98. The monoisotopic (exact) mass is 395 g/mol. The minimum absolute atomic E-state index is 0.0709. The van der Waals surface area contributed by atoms with Crippen molar-refractivity contribution in [3.8, 4) is 0 Å². The van der Waals surface area contributed by atoms with Gasteiger partial charge in [0, 0.05) is 0 Å². The van der Waals surface area contributed by atoms with E-state index in [1.807, 2.05) is 30.3 Å². The van der Waals surface area contributed by atoms with Crippen molar-refractivity contribution in [1.29, 1.82) is 0 Å². The molecule has 1 aliphatic rings. The first-order chi connectivity index (χ1) is 11.6. The molecule has 1 saturated carbocycles. The molecular formula is C17H21N3O3Se. The Hall–Kier alpha value is -1.81. The van der Waals surface area contributed by atoms with Gasteiger partial charge in [-0.3, -0.25) is 0 Å². The SMILES string of the molecule is COC(=O)C[C@]1(CC(CN=[N+]=[N-])[Se]c2ccccc2)CCCC1=O. The molecule has 1 aromatic carbocycles. The molecule has 7 heteroatoms. The third-order valence-electron chi connectivity index (χ3n) is 4.37. The van der Waals surface area contributed by atoms with Gasteiger partial charge in [-0.15, -0.1) is 0 Å². The molecule has 128 valence electrons. The molecule has 0 N–H and O–H groups in total. The van der Waals surface area contributed by atoms with E-state index in [0.29, 0.717) is 25.8 Å². The molecule has 24 heavy (non-hydrogen) atoms. The zero-order chi connectivity index (χ0) is 17.4. The number of Topliss-reactive ketones (excluding diaryl/α,β-unsaturated/α-hetero) is 1. The van der Waals surface area contributed by atoms with Crippen LogP contribution in [0.25, 0.3) is 10.4 Å². The Bertz CT molecular complexity index is 631. The molecule has 0 radical (unpaired) electrons. The number of rotatable bonds is 8. The van der Waals surface area contributed by atoms with Gasteiger partial charge in [0.1, 0.15) is 0 Å². The first-order valence-corrected chi connectivity index (χ1v) is 9.77. The maximum atomic E-state index is 12.5. The summed E-state index contributed by atoms with van der Waals surface area (Å²) in [5.41, 5.74) is 8.01. The van der Waals surface area contributed by atoms with E-state index in [0.717, 1.165) is 6.42 Å². The van der Waals surface area contributed by atoms with E-state index >= 15 is 0 Å². The molecule has 6 nitrogen and oxygen atoms in total. The molecule has 0 bridgehead atoms. The zero-order valence-corrected chi connectivity index (χ0v) is 15.4. The third kappa shape index (κ3) is 4.84. The molecular weight excluding hydrogens is 373 g/mol. The number of ether oxygens (including phenoxy) is 1. The number of hydrogen-bond acceptors (Lipinski definition) is 4. The fourth-order valence-corrected chi connectivity index (χ4v) is 5.82. The van der Waals surface area contributed by atoms with E-state index in [9.17, 15) is 9.59 Å². The normalized spacial score (nSPS) is 21.1. The minimum atomic E-state index is -0.654. The second kappa shape index (κ2) is 8.88. The van der Waals surface area contributed by atoms with Crippen molar-refractivity contribution in [2.24, 2.45) is 10.5 Å². The molecule has 1 unspecified atom stereocenters. The molecule has 1 fully saturated rings. The molecule has 0 aliphatic heterocycles. The van der Waals surface area contributed by atoms with Crippen molar-refractivity contribution < 1.29 is 14.3 Å². The third-order valence-corrected chi connectivity index (χ3v) is 6.88. The van der Waals surface area contributed by atoms with Crippen molar-refractivity contribution in [2.75, 3.05) is 13.7 Å². The Kier molecular flexibility index (Phi) is 6.85. The van der Waals surface area contributed by atoms with Crippen molar-refractivity contribution in [2.45, 2.75) is 36.9 Å². The van der Waals surface area contributed by atoms with Crippen LogP contribution in [0, 0.1) is 5.41 Å². The van der Waals surface area contributed by atoms with E-state index in [2.05, 4.69) is 10.0 Å². The number of carbonyl (C=O) groups is 2. The summed E-state index contributed by atoms with van der Waals surface area (Å²) in [5.74, 6) is -0.206. The van der Waals surface area contributed by atoms with Gasteiger partial charge in [-0.1, -0.05) is 0 Å². The number of methoxy groups -OCH3 is 1. The molecule has 0 amide bonds. The van der Waals surface area contributed by atoms with E-state index in [1.165, 1.54) is 11.6 Å². The predicted molar refractivity (Wildman–Crippen MR) is 92.1 cm³/mol. The van der Waals surface area contributed by atoms with Gasteiger partial charge in [-0.05, 0) is 0 Å². The zero-order valence-electron chi connectivity index (χ0n) is 13.7. The first-order valence-electron chi connectivity index (χ1n) is 7.92. The predicted octanol–water partition coefficient (Wildman–Crippen LogP) is 2.81. The van der Waals surface area contributed by atoms with Crippen molar-refractivity contribution >= 4 is 31.2 Å². The van der Waals surface area contributed by atoms with Crippen LogP contribution < -0.4 is 4.46 Å². The fourth-order valence-electron chi connectivity index (χ4n) is 3.21. The van der Waals surface area contributed by atoms with Crippen LogP contribution in [0.5, 0.6) is 0 Å². The summed E-state index contributed by atoms with van der Waals surface area (Å²) in [6.07, 6.45) is 2.74. The van der Waals surface area contributed by atoms with Gasteiger partial charge in [-0.2, -0.15) is 0 Å². The molecule has 0 heterocycles. The second-order valence-corrected chi connectivity index (χ2v) is 8.86. The quantitative estimate of drug-likeness (QED) is 0.223. The van der Waals surface area contributed by atoms with Gasteiger partial charge in [0.25, 0.3) is 0 Å². The Morgan fingerprint density at radius 2 is 2.21 bits per heavy atom. The van der Waals surface area contributed by atoms with Crippen molar-refractivity contribution in [3.63, 3.8) is 0 Å². The topological polar surface area (TPSA) is 92.1 Å². The molecule has 0 spiro atoms. The van der Waals surface area contributed by atoms with Crippen molar-refractivity contribution in [3.05, 3.63) is 40.8 Å². The van der Waals surface area contributed by atoms with Crippen LogP contribution >= 0.6 is 0 Å². The maximum absolute atomic E-state index is 12.5. The van der Waals surface area contributed by atoms with Crippen LogP contribution in [0.1, 0.15) is 32.1 Å². The Morgan fingerprint density at radius 1 is 1.46 bits per heavy atom. The van der Waals surface area contributed by atoms with Gasteiger partial charge in [-0.25, -0.2) is 0 Å². The summed E-state index contributed by atoms with van der Waals surface area (Å²) >= 11 is 0.0709. The molecule has 1 aromatic rings. The molecule has 1 aliphatic carbocycles. The summed E-state index contributed by atoms with van der Waals surface area (Å²) in [6, 6.07) is 10.0. The molecule has 0 saturated heterocycles. The number of esters is 1. The molecule has 2 rings (SSSR count). The Labute approximate surface area is 147 Å². The van der Waals surface area contributed by atoms with Crippen molar-refractivity contribution in [1.82, 2.24) is 0 Å². The van der Waals surface area contributed by atoms with Gasteiger partial charge in [0.15, 0.2) is 0 Å². The van der Waals surface area contributed by atoms with Gasteiger partial charge in [0.2, 0.25) is 0 Å². The summed E-state index contributed by atoms with van der Waals surface area (Å²) < 4.78 is 5.99. The number of ketones is 1. The van der Waals surface area contributed by atoms with E-state index in [4.69, 9.17) is 10.3 Å². The van der Waals surface area contributed by atoms with Crippen LogP contribution in [0.15, 0.2) is 35.4 Å². The Morgan fingerprint density at radius 3 is 2.79 bits per heavy atom. The number of nitrogens with zero attached hydrogens (tertiary/aromatic N) is 3. The Balaban J connectivity index is 2.18. The summed E-state index contributed by atoms with van der Waals surface area (Å²) in [7, 11) is 1.35. The van der Waals surface area contributed by atoms with E-state index in [-0.39, 0.29) is 37.9 Å².